The van der Waals surface area contributed by atoms with E-state index in [1.54, 1.807) is 14.0 Å². The molecule has 1 aromatic heterocycles. The summed E-state index contributed by atoms with van der Waals surface area (Å²) in [6.07, 6.45) is 0. The molecule has 0 fully saturated rings. The molecule has 170 valence electrons. The summed E-state index contributed by atoms with van der Waals surface area (Å²) in [7, 11) is -2.59. The maximum atomic E-state index is 12.6. The number of carbonyl (C=O) groups is 1. The van der Waals surface area contributed by atoms with Gasteiger partial charge in [-0.2, -0.15) is 5.10 Å². The molecule has 0 saturated heterocycles. The number of hydrogen-bond acceptors (Lipinski definition) is 8. The fourth-order valence-corrected chi connectivity index (χ4v) is 4.08. The molecule has 32 heavy (non-hydrogen) atoms. The van der Waals surface area contributed by atoms with E-state index < -0.39 is 25.5 Å². The van der Waals surface area contributed by atoms with Crippen LogP contribution in [0.1, 0.15) is 16.2 Å². The lowest BCUT2D eigenvalue weighted by molar-refractivity contribution is -0.385. The van der Waals surface area contributed by atoms with Gasteiger partial charge in [-0.3, -0.25) is 29.6 Å². The van der Waals surface area contributed by atoms with Gasteiger partial charge >= 0.3 is 0 Å². The Labute approximate surface area is 193 Å². The van der Waals surface area contributed by atoms with Crippen LogP contribution in [0.2, 0.25) is 0 Å². The van der Waals surface area contributed by atoms with Crippen LogP contribution < -0.4 is 16.1 Å². The zero-order valence-electron chi connectivity index (χ0n) is 17.0. The highest BCUT2D eigenvalue weighted by Crippen LogP contribution is 2.26. The second-order valence-electron chi connectivity index (χ2n) is 6.67. The average Bonchev–Trinajstić information content (AvgIpc) is 2.94. The quantitative estimate of drug-likeness (QED) is 0.182. The summed E-state index contributed by atoms with van der Waals surface area (Å²) >= 11 is 0. The van der Waals surface area contributed by atoms with Crippen molar-refractivity contribution in [1.82, 2.24) is 14.3 Å². The number of nitrogens with zero attached hydrogens (tertiary/aromatic N) is 4. The Morgan fingerprint density at radius 3 is 2.41 bits per heavy atom. The Bertz CT molecular complexity index is 1350. The number of non-ortho nitro benzene ring substituents is 1. The molecule has 12 nitrogen and oxygen atoms in total. The summed E-state index contributed by atoms with van der Waals surface area (Å²) in [6.45, 7) is 1.59. The molecule has 14 heteroatoms. The number of aromatic nitrogens is 3. The van der Waals surface area contributed by atoms with Crippen molar-refractivity contribution in [2.45, 2.75) is 18.4 Å². The summed E-state index contributed by atoms with van der Waals surface area (Å²) in [5, 5.41) is 22.9. The van der Waals surface area contributed by atoms with E-state index in [0.29, 0.717) is 11.4 Å². The van der Waals surface area contributed by atoms with Crippen LogP contribution >= 0.6 is 17.0 Å². The first kappa shape index (κ1) is 24.7. The van der Waals surface area contributed by atoms with E-state index in [2.05, 4.69) is 9.82 Å². The van der Waals surface area contributed by atoms with E-state index in [-0.39, 0.29) is 46.3 Å². The van der Waals surface area contributed by atoms with E-state index in [1.165, 1.54) is 33.5 Å². The van der Waals surface area contributed by atoms with Gasteiger partial charge < -0.3 is 5.73 Å². The maximum Gasteiger partial charge on any atom is 0.270 e. The van der Waals surface area contributed by atoms with Crippen molar-refractivity contribution >= 4 is 49.9 Å². The Kier molecular flexibility index (Phi) is 7.20. The molecule has 0 amide bonds. The Morgan fingerprint density at radius 1 is 1.25 bits per heavy atom. The van der Waals surface area contributed by atoms with Gasteiger partial charge in [-0.05, 0) is 37.3 Å². The van der Waals surface area contributed by atoms with E-state index in [0.717, 1.165) is 18.2 Å². The van der Waals surface area contributed by atoms with Gasteiger partial charge in [0.05, 0.1) is 17.2 Å². The number of hydrogen-bond donors (Lipinski definition) is 3. The van der Waals surface area contributed by atoms with E-state index in [9.17, 15) is 23.3 Å². The molecular weight excluding hydrogens is 506 g/mol. The van der Waals surface area contributed by atoms with Gasteiger partial charge in [0.25, 0.3) is 15.7 Å². The molecule has 2 aromatic carbocycles. The van der Waals surface area contributed by atoms with Crippen LogP contribution in [-0.2, 0) is 23.6 Å². The number of Topliss-reactive ketones (excluding diaryl/α,β-unsaturated/α-hetero) is 1. The fraction of sp³-hybridized carbons (Fsp3) is 0.167. The number of halogens is 1. The number of ketones is 1. The lowest BCUT2D eigenvalue weighted by Gasteiger charge is -2.11. The number of rotatable bonds is 7. The third kappa shape index (κ3) is 5.03. The van der Waals surface area contributed by atoms with Crippen molar-refractivity contribution in [3.8, 4) is 0 Å². The molecule has 1 heterocycles. The number of anilines is 2. The SMILES string of the molecule is Br.Cc1nn(C)c(=N)n1CC(=O)c1ccc(NS(=O)(=O)c2cc([N+](=O)[O-])ccc2N)cc1. The van der Waals surface area contributed by atoms with Crippen LogP contribution in [0.3, 0.4) is 0 Å². The molecule has 0 aliphatic rings. The number of nitrogens with one attached hydrogen (secondary N) is 2. The largest absolute Gasteiger partial charge is 0.398 e. The molecule has 0 bridgehead atoms. The average molecular weight is 526 g/mol. The minimum Gasteiger partial charge on any atom is -0.398 e. The molecule has 4 N–H and O–H groups in total. The summed E-state index contributed by atoms with van der Waals surface area (Å²) in [5.41, 5.74) is 5.67. The molecule has 0 unspecified atom stereocenters. The molecule has 3 rings (SSSR count). The highest BCUT2D eigenvalue weighted by Gasteiger charge is 2.21. The Balaban J connectivity index is 0.00000363. The summed E-state index contributed by atoms with van der Waals surface area (Å²) in [4.78, 5) is 22.3. The number of nitro groups is 1. The predicted octanol–water partition coefficient (Wildman–Crippen LogP) is 1.76. The third-order valence-electron chi connectivity index (χ3n) is 4.51. The van der Waals surface area contributed by atoms with Gasteiger partial charge in [-0.15, -0.1) is 17.0 Å². The standard InChI is InChI=1S/C18H19N7O5S.BrH/c1-11-21-23(2)18(20)24(11)10-16(26)12-3-5-13(6-4-12)22-31(29,30)17-9-14(25(27)28)7-8-15(17)19;/h3-9,20,22H,10,19H2,1-2H3;1H. The van der Waals surface area contributed by atoms with Crippen LogP contribution in [0.5, 0.6) is 0 Å². The first-order chi connectivity index (χ1) is 14.5. The van der Waals surface area contributed by atoms with E-state index in [4.69, 9.17) is 11.1 Å². The highest BCUT2D eigenvalue weighted by atomic mass is 79.9. The van der Waals surface area contributed by atoms with Crippen molar-refractivity contribution in [2.75, 3.05) is 10.5 Å². The molecule has 0 atom stereocenters. The zero-order valence-corrected chi connectivity index (χ0v) is 19.5. The predicted molar refractivity (Wildman–Crippen MR) is 121 cm³/mol. The van der Waals surface area contributed by atoms with Crippen LogP contribution in [0.4, 0.5) is 17.1 Å². The lowest BCUT2D eigenvalue weighted by Crippen LogP contribution is -2.26. The lowest BCUT2D eigenvalue weighted by atomic mass is 10.1. The molecule has 0 spiro atoms. The smallest absolute Gasteiger partial charge is 0.270 e. The number of sulfonamides is 1. The van der Waals surface area contributed by atoms with Gasteiger partial charge in [0, 0.05) is 30.4 Å². The summed E-state index contributed by atoms with van der Waals surface area (Å²) in [6, 6.07) is 8.79. The van der Waals surface area contributed by atoms with Crippen LogP contribution in [-0.4, -0.2) is 33.5 Å². The van der Waals surface area contributed by atoms with Crippen molar-refractivity contribution < 1.29 is 18.1 Å². The number of carbonyl (C=O) groups excluding carboxylic acids is 1. The van der Waals surface area contributed by atoms with Crippen molar-refractivity contribution in [3.63, 3.8) is 0 Å². The monoisotopic (exact) mass is 525 g/mol. The molecular formula is C18H20BrN7O5S. The van der Waals surface area contributed by atoms with E-state index >= 15 is 0 Å². The van der Waals surface area contributed by atoms with Gasteiger partial charge in [0.2, 0.25) is 5.62 Å². The third-order valence-corrected chi connectivity index (χ3v) is 5.94. The molecule has 3 aromatic rings. The summed E-state index contributed by atoms with van der Waals surface area (Å²) in [5.74, 6) is 0.228. The Hall–Kier alpha value is -3.52. The topological polar surface area (TPSA) is 179 Å². The number of nitrogen functional groups attached to an aromatic ring is 1. The second-order valence-corrected chi connectivity index (χ2v) is 8.32. The Morgan fingerprint density at radius 2 is 1.88 bits per heavy atom. The summed E-state index contributed by atoms with van der Waals surface area (Å²) < 4.78 is 30.3. The maximum absolute atomic E-state index is 12.6. The van der Waals surface area contributed by atoms with Crippen LogP contribution in [0, 0.1) is 22.4 Å². The number of nitrogens with two attached hydrogens (primary N) is 1. The van der Waals surface area contributed by atoms with Gasteiger partial charge in [-0.1, -0.05) is 0 Å². The first-order valence-electron chi connectivity index (χ1n) is 8.84. The molecule has 0 radical (unpaired) electrons. The molecule has 0 aliphatic heterocycles. The number of nitro benzene ring substituents is 1. The second kappa shape index (κ2) is 9.32. The van der Waals surface area contributed by atoms with Crippen LogP contribution in [0.15, 0.2) is 47.4 Å². The van der Waals surface area contributed by atoms with Gasteiger partial charge in [0.15, 0.2) is 5.78 Å². The van der Waals surface area contributed by atoms with Gasteiger partial charge in [-0.25, -0.2) is 13.1 Å². The zero-order chi connectivity index (χ0) is 22.9. The van der Waals surface area contributed by atoms with Crippen molar-refractivity contribution in [1.29, 1.82) is 5.41 Å². The molecule has 0 saturated carbocycles. The first-order valence-corrected chi connectivity index (χ1v) is 10.3. The number of benzene rings is 2. The van der Waals surface area contributed by atoms with Gasteiger partial charge in [0.1, 0.15) is 10.7 Å². The fourth-order valence-electron chi connectivity index (χ4n) is 2.87. The minimum atomic E-state index is -4.19. The van der Waals surface area contributed by atoms with Crippen molar-refractivity contribution in [3.05, 3.63) is 69.6 Å². The van der Waals surface area contributed by atoms with E-state index in [1.807, 2.05) is 0 Å². The minimum absolute atomic E-state index is 0. The highest BCUT2D eigenvalue weighted by molar-refractivity contribution is 8.93. The number of aryl methyl sites for hydroxylation is 2. The van der Waals surface area contributed by atoms with Crippen molar-refractivity contribution in [2.24, 2.45) is 7.05 Å². The normalized spacial score (nSPS) is 10.9. The van der Waals surface area contributed by atoms with Crippen LogP contribution in [0.25, 0.3) is 0 Å². The molecule has 0 aliphatic carbocycles.